The normalized spacial score (nSPS) is 9.61. The summed E-state index contributed by atoms with van der Waals surface area (Å²) in [6.07, 6.45) is 1.61. The first-order valence-electron chi connectivity index (χ1n) is 5.45. The molecule has 0 bridgehead atoms. The summed E-state index contributed by atoms with van der Waals surface area (Å²) in [4.78, 5) is 16.6. The number of aryl methyl sites for hydroxylation is 2. The summed E-state index contributed by atoms with van der Waals surface area (Å²) in [5.41, 5.74) is 2.35. The summed E-state index contributed by atoms with van der Waals surface area (Å²) in [6, 6.07) is 3.79. The van der Waals surface area contributed by atoms with E-state index in [9.17, 15) is 4.79 Å². The van der Waals surface area contributed by atoms with Gasteiger partial charge in [-0.2, -0.15) is 5.26 Å². The maximum atomic E-state index is 10.9. The number of hydrogen-bond donors (Lipinski definition) is 1. The molecule has 0 saturated heterocycles. The smallest absolute Gasteiger partial charge is 0.323 e. The molecule has 5 nitrogen and oxygen atoms in total. The third-order valence-corrected chi connectivity index (χ3v) is 2.44. The van der Waals surface area contributed by atoms with Gasteiger partial charge >= 0.3 is 5.97 Å². The van der Waals surface area contributed by atoms with Crippen molar-refractivity contribution in [1.29, 1.82) is 5.26 Å². The lowest BCUT2D eigenvalue weighted by molar-refractivity contribution is -0.135. The molecule has 0 aliphatic heterocycles. The second-order valence-electron chi connectivity index (χ2n) is 3.92. The van der Waals surface area contributed by atoms with E-state index in [1.54, 1.807) is 24.0 Å². The van der Waals surface area contributed by atoms with Gasteiger partial charge in [-0.15, -0.1) is 6.58 Å². The molecule has 94 valence electrons. The van der Waals surface area contributed by atoms with Crippen LogP contribution in [0.5, 0.6) is 0 Å². The van der Waals surface area contributed by atoms with Gasteiger partial charge in [0.1, 0.15) is 12.6 Å². The molecule has 0 aliphatic rings. The van der Waals surface area contributed by atoms with Crippen molar-refractivity contribution in [2.45, 2.75) is 13.8 Å². The average Bonchev–Trinajstić information content (AvgIpc) is 2.27. The van der Waals surface area contributed by atoms with Gasteiger partial charge < -0.3 is 10.0 Å². The van der Waals surface area contributed by atoms with E-state index in [1.807, 2.05) is 6.92 Å². The highest BCUT2D eigenvalue weighted by molar-refractivity contribution is 5.75. The number of nitrogens with zero attached hydrogens (tertiary/aromatic N) is 3. The lowest BCUT2D eigenvalue weighted by Crippen LogP contribution is -2.30. The predicted molar refractivity (Wildman–Crippen MR) is 68.5 cm³/mol. The molecule has 0 radical (unpaired) electrons. The van der Waals surface area contributed by atoms with Crippen molar-refractivity contribution in [3.63, 3.8) is 0 Å². The highest BCUT2D eigenvalue weighted by atomic mass is 16.4. The zero-order chi connectivity index (χ0) is 13.7. The lowest BCUT2D eigenvalue weighted by atomic mass is 10.1. The van der Waals surface area contributed by atoms with Crippen molar-refractivity contribution in [2.75, 3.05) is 18.0 Å². The lowest BCUT2D eigenvalue weighted by Gasteiger charge is -2.23. The van der Waals surface area contributed by atoms with Crippen molar-refractivity contribution >= 4 is 11.7 Å². The fourth-order valence-corrected chi connectivity index (χ4v) is 1.76. The molecule has 0 atom stereocenters. The number of aromatic nitrogens is 1. The van der Waals surface area contributed by atoms with Gasteiger partial charge in [0.15, 0.2) is 0 Å². The fraction of sp³-hybridized carbons (Fsp3) is 0.308. The molecule has 0 amide bonds. The molecule has 0 aliphatic carbocycles. The van der Waals surface area contributed by atoms with E-state index in [4.69, 9.17) is 10.4 Å². The van der Waals surface area contributed by atoms with Crippen LogP contribution < -0.4 is 4.90 Å². The van der Waals surface area contributed by atoms with Crippen LogP contribution >= 0.6 is 0 Å². The number of carboxylic acids is 1. The molecule has 0 aromatic carbocycles. The fourth-order valence-electron chi connectivity index (χ4n) is 1.76. The van der Waals surface area contributed by atoms with Crippen LogP contribution in [0.25, 0.3) is 0 Å². The van der Waals surface area contributed by atoms with E-state index < -0.39 is 5.97 Å². The van der Waals surface area contributed by atoms with E-state index in [2.05, 4.69) is 17.6 Å². The van der Waals surface area contributed by atoms with Gasteiger partial charge in [-0.1, -0.05) is 6.08 Å². The van der Waals surface area contributed by atoms with Crippen molar-refractivity contribution < 1.29 is 9.90 Å². The number of aliphatic carboxylic acids is 1. The monoisotopic (exact) mass is 245 g/mol. The van der Waals surface area contributed by atoms with Gasteiger partial charge in [0.2, 0.25) is 0 Å². The van der Waals surface area contributed by atoms with Crippen LogP contribution in [-0.2, 0) is 4.79 Å². The first-order valence-corrected chi connectivity index (χ1v) is 5.45. The van der Waals surface area contributed by atoms with Crippen molar-refractivity contribution in [2.24, 2.45) is 0 Å². The molecule has 1 N–H and O–H groups in total. The second kappa shape index (κ2) is 5.82. The largest absolute Gasteiger partial charge is 0.480 e. The molecule has 0 fully saturated rings. The summed E-state index contributed by atoms with van der Waals surface area (Å²) in [5, 5.41) is 18.1. The maximum absolute atomic E-state index is 10.9. The predicted octanol–water partition coefficient (Wildman–Crippen LogP) is 1.65. The van der Waals surface area contributed by atoms with Gasteiger partial charge in [0, 0.05) is 12.2 Å². The van der Waals surface area contributed by atoms with Crippen molar-refractivity contribution in [3.05, 3.63) is 35.7 Å². The third-order valence-electron chi connectivity index (χ3n) is 2.44. The van der Waals surface area contributed by atoms with Crippen LogP contribution in [0.1, 0.15) is 17.0 Å². The Hall–Kier alpha value is -2.35. The molecule has 0 saturated carbocycles. The van der Waals surface area contributed by atoms with Crippen LogP contribution in [0.2, 0.25) is 0 Å². The number of carbonyl (C=O) groups is 1. The van der Waals surface area contributed by atoms with E-state index in [1.165, 1.54) is 0 Å². The topological polar surface area (TPSA) is 77.2 Å². The highest BCUT2D eigenvalue weighted by Crippen LogP contribution is 2.23. The van der Waals surface area contributed by atoms with Crippen LogP contribution in [-0.4, -0.2) is 29.1 Å². The minimum atomic E-state index is -0.951. The van der Waals surface area contributed by atoms with Gasteiger partial charge in [-0.3, -0.25) is 9.78 Å². The van der Waals surface area contributed by atoms with Crippen LogP contribution in [0.3, 0.4) is 0 Å². The Labute approximate surface area is 106 Å². The Balaban J connectivity index is 3.30. The van der Waals surface area contributed by atoms with Crippen LogP contribution in [0.15, 0.2) is 18.7 Å². The van der Waals surface area contributed by atoms with Crippen molar-refractivity contribution in [1.82, 2.24) is 4.98 Å². The number of anilines is 1. The molecule has 1 aromatic heterocycles. The van der Waals surface area contributed by atoms with E-state index in [0.29, 0.717) is 23.5 Å². The number of hydrogen-bond acceptors (Lipinski definition) is 4. The number of nitriles is 1. The number of carboxylic acid groups (broad SMARTS) is 1. The molecule has 1 aromatic rings. The molecule has 1 rings (SSSR count). The molecular weight excluding hydrogens is 230 g/mol. The minimum absolute atomic E-state index is 0.177. The first-order chi connectivity index (χ1) is 8.49. The van der Waals surface area contributed by atoms with Gasteiger partial charge in [0.25, 0.3) is 0 Å². The van der Waals surface area contributed by atoms with Gasteiger partial charge in [-0.05, 0) is 19.9 Å². The van der Waals surface area contributed by atoms with Crippen LogP contribution in [0, 0.1) is 25.2 Å². The third kappa shape index (κ3) is 3.08. The zero-order valence-electron chi connectivity index (χ0n) is 10.5. The molecular formula is C13H15N3O2. The molecule has 5 heteroatoms. The standard InChI is InChI=1S/C13H15N3O2/c1-4-5-16(8-13(17)18)12-6-9(2)15-10(3)11(12)7-14/h4,6H,1,5,8H2,2-3H3,(H,17,18). The Morgan fingerprint density at radius 2 is 2.33 bits per heavy atom. The van der Waals surface area contributed by atoms with Gasteiger partial charge in [-0.25, -0.2) is 0 Å². The van der Waals surface area contributed by atoms with E-state index >= 15 is 0 Å². The number of pyridine rings is 1. The summed E-state index contributed by atoms with van der Waals surface area (Å²) >= 11 is 0. The quantitative estimate of drug-likeness (QED) is 0.798. The summed E-state index contributed by atoms with van der Waals surface area (Å²) in [5.74, 6) is -0.951. The Kier molecular flexibility index (Phi) is 4.44. The molecule has 0 spiro atoms. The van der Waals surface area contributed by atoms with E-state index in [0.717, 1.165) is 5.69 Å². The Bertz CT molecular complexity index is 518. The van der Waals surface area contributed by atoms with Gasteiger partial charge in [0.05, 0.1) is 16.9 Å². The SMILES string of the molecule is C=CCN(CC(=O)O)c1cc(C)nc(C)c1C#N. The summed E-state index contributed by atoms with van der Waals surface area (Å²) < 4.78 is 0. The zero-order valence-corrected chi connectivity index (χ0v) is 10.5. The summed E-state index contributed by atoms with van der Waals surface area (Å²) in [6.45, 7) is 7.34. The van der Waals surface area contributed by atoms with Crippen LogP contribution in [0.4, 0.5) is 5.69 Å². The van der Waals surface area contributed by atoms with Crippen molar-refractivity contribution in [3.8, 4) is 6.07 Å². The Morgan fingerprint density at radius 3 is 2.83 bits per heavy atom. The molecule has 1 heterocycles. The highest BCUT2D eigenvalue weighted by Gasteiger charge is 2.16. The van der Waals surface area contributed by atoms with E-state index in [-0.39, 0.29) is 6.54 Å². The first kappa shape index (κ1) is 13.7. The molecule has 18 heavy (non-hydrogen) atoms. The second-order valence-corrected chi connectivity index (χ2v) is 3.92. The minimum Gasteiger partial charge on any atom is -0.480 e. The summed E-state index contributed by atoms with van der Waals surface area (Å²) in [7, 11) is 0. The average molecular weight is 245 g/mol. The Morgan fingerprint density at radius 1 is 1.67 bits per heavy atom. The molecule has 0 unspecified atom stereocenters. The number of rotatable bonds is 5. The maximum Gasteiger partial charge on any atom is 0.323 e.